The zero-order chi connectivity index (χ0) is 31.7. The molecule has 2 unspecified atom stereocenters. The maximum Gasteiger partial charge on any atom is 0.162 e. The molecular formula is C38H44N2O6. The summed E-state index contributed by atoms with van der Waals surface area (Å²) in [6.45, 7) is 6.31. The third-order valence-corrected chi connectivity index (χ3v) is 8.50. The van der Waals surface area contributed by atoms with Crippen molar-refractivity contribution in [3.63, 3.8) is 0 Å². The molecule has 7 rings (SSSR count). The van der Waals surface area contributed by atoms with E-state index in [9.17, 15) is 5.11 Å². The van der Waals surface area contributed by atoms with Crippen molar-refractivity contribution in [1.82, 2.24) is 9.80 Å². The number of benzene rings is 4. The highest BCUT2D eigenvalue weighted by Crippen LogP contribution is 2.37. The zero-order valence-corrected chi connectivity index (χ0v) is 26.7. The van der Waals surface area contributed by atoms with Crippen LogP contribution < -0.4 is 18.9 Å². The average Bonchev–Trinajstić information content (AvgIpc) is 3.52. The van der Waals surface area contributed by atoms with Gasteiger partial charge in [0, 0.05) is 39.8 Å². The van der Waals surface area contributed by atoms with Crippen LogP contribution in [0.1, 0.15) is 40.9 Å². The molecule has 242 valence electrons. The molecule has 4 aromatic carbocycles. The number of nitrogens with zero attached hydrogens (tertiary/aromatic N) is 2. The number of β-amino-alcohol motifs (C(OH)–C–C–N with tert-alkyl or cyclic N) is 1. The molecule has 0 radical (unpaired) electrons. The van der Waals surface area contributed by atoms with Crippen molar-refractivity contribution in [3.05, 3.63) is 119 Å². The molecule has 8 nitrogen and oxygen atoms in total. The van der Waals surface area contributed by atoms with Gasteiger partial charge >= 0.3 is 0 Å². The lowest BCUT2D eigenvalue weighted by atomic mass is 10.1. The molecule has 1 fully saturated rings. The van der Waals surface area contributed by atoms with E-state index in [-0.39, 0.29) is 18.3 Å². The minimum absolute atomic E-state index is 0.0508. The Bertz CT molecular complexity index is 1530. The summed E-state index contributed by atoms with van der Waals surface area (Å²) < 4.78 is 28.7. The maximum atomic E-state index is 9.60. The van der Waals surface area contributed by atoms with Gasteiger partial charge in [0.1, 0.15) is 13.2 Å². The van der Waals surface area contributed by atoms with Crippen LogP contribution in [0.2, 0.25) is 0 Å². The first-order valence-corrected chi connectivity index (χ1v) is 16.1. The third kappa shape index (κ3) is 8.39. The molecule has 3 aliphatic heterocycles. The van der Waals surface area contributed by atoms with Crippen LogP contribution in [0.25, 0.3) is 0 Å². The Morgan fingerprint density at radius 2 is 1.26 bits per heavy atom. The van der Waals surface area contributed by atoms with E-state index in [0.29, 0.717) is 13.2 Å². The summed E-state index contributed by atoms with van der Waals surface area (Å²) in [7, 11) is 3.83. The lowest BCUT2D eigenvalue weighted by Gasteiger charge is -2.27. The minimum atomic E-state index is -0.165. The van der Waals surface area contributed by atoms with Crippen molar-refractivity contribution in [3.8, 4) is 23.0 Å². The topological polar surface area (TPSA) is 72.9 Å². The Morgan fingerprint density at radius 1 is 0.739 bits per heavy atom. The molecule has 0 aromatic heterocycles. The van der Waals surface area contributed by atoms with E-state index in [4.69, 9.17) is 23.7 Å². The molecular weight excluding hydrogens is 580 g/mol. The fourth-order valence-corrected chi connectivity index (χ4v) is 5.89. The van der Waals surface area contributed by atoms with Crippen molar-refractivity contribution in [2.45, 2.75) is 37.8 Å². The van der Waals surface area contributed by atoms with Crippen molar-refractivity contribution >= 4 is 0 Å². The van der Waals surface area contributed by atoms with Crippen molar-refractivity contribution in [1.29, 1.82) is 0 Å². The smallest absolute Gasteiger partial charge is 0.162 e. The fourth-order valence-electron chi connectivity index (χ4n) is 5.89. The van der Waals surface area contributed by atoms with Crippen LogP contribution in [-0.4, -0.2) is 74.6 Å². The van der Waals surface area contributed by atoms with Gasteiger partial charge in [0.05, 0.1) is 12.7 Å². The molecule has 1 N–H and O–H groups in total. The van der Waals surface area contributed by atoms with E-state index in [0.717, 1.165) is 79.9 Å². The number of likely N-dealkylation sites (tertiary alicyclic amines) is 1. The highest BCUT2D eigenvalue weighted by molar-refractivity contribution is 5.42. The first-order chi connectivity index (χ1) is 22.5. The van der Waals surface area contributed by atoms with Crippen LogP contribution in [-0.2, 0) is 17.8 Å². The summed E-state index contributed by atoms with van der Waals surface area (Å²) in [5, 5.41) is 9.60. The van der Waals surface area contributed by atoms with Gasteiger partial charge in [-0.05, 0) is 60.0 Å². The van der Waals surface area contributed by atoms with Gasteiger partial charge in [-0.3, -0.25) is 9.80 Å². The van der Waals surface area contributed by atoms with Gasteiger partial charge in [0.25, 0.3) is 0 Å². The summed E-state index contributed by atoms with van der Waals surface area (Å²) in [6.07, 6.45) is 0.602. The van der Waals surface area contributed by atoms with Gasteiger partial charge in [0.2, 0.25) is 0 Å². The molecule has 8 heteroatoms. The number of ether oxygens (including phenoxy) is 5. The minimum Gasteiger partial charge on any atom is -0.485 e. The maximum absolute atomic E-state index is 9.60. The van der Waals surface area contributed by atoms with E-state index in [1.54, 1.807) is 7.11 Å². The van der Waals surface area contributed by atoms with E-state index < -0.39 is 0 Å². The Hall–Kier alpha value is -4.08. The Kier molecular flexibility index (Phi) is 10.7. The molecule has 3 aliphatic rings. The first-order valence-electron chi connectivity index (χ1n) is 16.1. The molecule has 3 heterocycles. The van der Waals surface area contributed by atoms with Gasteiger partial charge < -0.3 is 28.8 Å². The van der Waals surface area contributed by atoms with Crippen LogP contribution in [0, 0.1) is 0 Å². The molecule has 0 amide bonds. The summed E-state index contributed by atoms with van der Waals surface area (Å²) >= 11 is 0. The van der Waals surface area contributed by atoms with Crippen molar-refractivity contribution in [2.24, 2.45) is 0 Å². The number of hydrogen-bond donors (Lipinski definition) is 1. The van der Waals surface area contributed by atoms with Gasteiger partial charge in [-0.25, -0.2) is 0 Å². The Balaban J connectivity index is 0.000000162. The summed E-state index contributed by atoms with van der Waals surface area (Å²) in [5.74, 6) is 3.25. The number of fused-ring (bicyclic) bond motifs is 2. The normalized spacial score (nSPS) is 20.2. The van der Waals surface area contributed by atoms with Crippen LogP contribution >= 0.6 is 0 Å². The Labute approximate surface area is 272 Å². The number of aliphatic hydroxyl groups excluding tert-OH is 1. The molecule has 3 atom stereocenters. The van der Waals surface area contributed by atoms with Gasteiger partial charge in [-0.2, -0.15) is 0 Å². The van der Waals surface area contributed by atoms with E-state index in [1.807, 2.05) is 48.5 Å². The lowest BCUT2D eigenvalue weighted by molar-refractivity contribution is 0.0912. The van der Waals surface area contributed by atoms with Crippen molar-refractivity contribution in [2.75, 3.05) is 53.6 Å². The second-order valence-corrected chi connectivity index (χ2v) is 12.1. The third-order valence-electron chi connectivity index (χ3n) is 8.50. The number of likely N-dealkylation sites (N-methyl/N-ethyl adjacent to an activating group) is 1. The number of rotatable bonds is 9. The summed E-state index contributed by atoms with van der Waals surface area (Å²) in [4.78, 5) is 4.53. The van der Waals surface area contributed by atoms with Gasteiger partial charge in [0.15, 0.2) is 35.2 Å². The number of methoxy groups -OCH3 is 1. The van der Waals surface area contributed by atoms with E-state index in [1.165, 1.54) is 11.1 Å². The standard InChI is InChI=1S/C19H21NO3.C19H23NO3/c21-16-9-10-20(12-16)11-14-5-7-15(8-6-14)19-13-22-17-3-1-2-4-18(17)23-19;1-20(11-12-21-2)13-15-7-9-16(10-8-15)19-14-22-17-5-3-4-6-18(17)23-19/h1-8,16,19,21H,9-13H2;3-10,19H,11-14H2,1-2H3/t16-,19?;/m1./s1. The zero-order valence-electron chi connectivity index (χ0n) is 26.7. The summed E-state index contributed by atoms with van der Waals surface area (Å²) in [6, 6.07) is 32.7. The second-order valence-electron chi connectivity index (χ2n) is 12.1. The van der Waals surface area contributed by atoms with Crippen molar-refractivity contribution < 1.29 is 28.8 Å². The second kappa shape index (κ2) is 15.5. The summed E-state index contributed by atoms with van der Waals surface area (Å²) in [5.41, 5.74) is 4.82. The number of para-hydroxylation sites is 4. The number of aliphatic hydroxyl groups is 1. The lowest BCUT2D eigenvalue weighted by Crippen LogP contribution is -2.23. The highest BCUT2D eigenvalue weighted by atomic mass is 16.6. The SMILES string of the molecule is COCCN(C)Cc1ccc(C2COc3ccccc3O2)cc1.O[C@@H]1CCN(Cc2ccc(C3COc4ccccc4O3)cc2)C1. The molecule has 1 saturated heterocycles. The van der Waals surface area contributed by atoms with Crippen LogP contribution in [0.3, 0.4) is 0 Å². The first kappa shape index (κ1) is 31.9. The molecule has 0 aliphatic carbocycles. The predicted octanol–water partition coefficient (Wildman–Crippen LogP) is 6.04. The van der Waals surface area contributed by atoms with Gasteiger partial charge in [-0.1, -0.05) is 72.8 Å². The largest absolute Gasteiger partial charge is 0.485 e. The van der Waals surface area contributed by atoms with Crippen LogP contribution in [0.15, 0.2) is 97.1 Å². The molecule has 0 bridgehead atoms. The van der Waals surface area contributed by atoms with Crippen LogP contribution in [0.5, 0.6) is 23.0 Å². The van der Waals surface area contributed by atoms with E-state index in [2.05, 4.69) is 65.4 Å². The molecule has 46 heavy (non-hydrogen) atoms. The van der Waals surface area contributed by atoms with Crippen LogP contribution in [0.4, 0.5) is 0 Å². The monoisotopic (exact) mass is 624 g/mol. The molecule has 4 aromatic rings. The predicted molar refractivity (Wildman–Crippen MR) is 178 cm³/mol. The Morgan fingerprint density at radius 3 is 1.76 bits per heavy atom. The van der Waals surface area contributed by atoms with Gasteiger partial charge in [-0.15, -0.1) is 0 Å². The quantitative estimate of drug-likeness (QED) is 0.242. The molecule has 0 saturated carbocycles. The average molecular weight is 625 g/mol. The van der Waals surface area contributed by atoms with E-state index >= 15 is 0 Å². The number of hydrogen-bond acceptors (Lipinski definition) is 8. The molecule has 0 spiro atoms. The fraction of sp³-hybridized carbons (Fsp3) is 0.368. The highest BCUT2D eigenvalue weighted by Gasteiger charge is 2.24.